The second-order valence-electron chi connectivity index (χ2n) is 5.47. The van der Waals surface area contributed by atoms with Gasteiger partial charge in [-0.15, -0.1) is 0 Å². The molecule has 1 aliphatic heterocycles. The van der Waals surface area contributed by atoms with Crippen molar-refractivity contribution in [3.8, 4) is 0 Å². The lowest BCUT2D eigenvalue weighted by Crippen LogP contribution is -2.39. The van der Waals surface area contributed by atoms with E-state index in [0.29, 0.717) is 26.1 Å². The van der Waals surface area contributed by atoms with E-state index in [1.165, 1.54) is 11.0 Å². The molecule has 1 aromatic rings. The van der Waals surface area contributed by atoms with Crippen molar-refractivity contribution < 1.29 is 18.4 Å². The van der Waals surface area contributed by atoms with Crippen molar-refractivity contribution in [2.45, 2.75) is 19.8 Å². The molecule has 1 aliphatic rings. The van der Waals surface area contributed by atoms with Crippen LogP contribution >= 0.6 is 0 Å². The highest BCUT2D eigenvalue weighted by Gasteiger charge is 2.37. The summed E-state index contributed by atoms with van der Waals surface area (Å²) in [6.45, 7) is 4.34. The number of carbonyl (C=O) groups excluding carboxylic acids is 2. The predicted molar refractivity (Wildman–Crippen MR) is 83.0 cm³/mol. The van der Waals surface area contributed by atoms with Crippen LogP contribution in [0.3, 0.4) is 0 Å². The van der Waals surface area contributed by atoms with Gasteiger partial charge >= 0.3 is 0 Å². The molecule has 5 nitrogen and oxygen atoms in total. The Morgan fingerprint density at radius 3 is 2.74 bits per heavy atom. The molecule has 1 aromatic carbocycles. The van der Waals surface area contributed by atoms with Gasteiger partial charge in [0.25, 0.3) is 0 Å². The minimum absolute atomic E-state index is 0.272. The first-order chi connectivity index (χ1) is 11.0. The van der Waals surface area contributed by atoms with Gasteiger partial charge in [-0.3, -0.25) is 9.59 Å². The number of amides is 2. The maximum Gasteiger partial charge on any atom is 0.239 e. The van der Waals surface area contributed by atoms with Gasteiger partial charge in [0.2, 0.25) is 11.8 Å². The van der Waals surface area contributed by atoms with Crippen molar-refractivity contribution in [2.24, 2.45) is 5.92 Å². The minimum atomic E-state index is -1.01. The van der Waals surface area contributed by atoms with Gasteiger partial charge in [0, 0.05) is 31.4 Å². The molecule has 1 saturated heterocycles. The average Bonchev–Trinajstić information content (AvgIpc) is 2.91. The summed E-state index contributed by atoms with van der Waals surface area (Å²) >= 11 is 0. The molecule has 23 heavy (non-hydrogen) atoms. The topological polar surface area (TPSA) is 61.4 Å². The van der Waals surface area contributed by atoms with Crippen LogP contribution in [0.1, 0.15) is 19.8 Å². The summed E-state index contributed by atoms with van der Waals surface area (Å²) < 4.78 is 26.3. The third kappa shape index (κ3) is 4.25. The van der Waals surface area contributed by atoms with E-state index < -0.39 is 17.6 Å². The minimum Gasteiger partial charge on any atom is -0.354 e. The van der Waals surface area contributed by atoms with E-state index in [4.69, 9.17) is 0 Å². The zero-order chi connectivity index (χ0) is 16.8. The lowest BCUT2D eigenvalue weighted by molar-refractivity contribution is -0.132. The van der Waals surface area contributed by atoms with Gasteiger partial charge in [-0.2, -0.15) is 0 Å². The van der Waals surface area contributed by atoms with E-state index in [0.717, 1.165) is 25.1 Å². The Balaban J connectivity index is 1.90. The lowest BCUT2D eigenvalue weighted by atomic mass is 10.1. The van der Waals surface area contributed by atoms with Crippen LogP contribution in [0.5, 0.6) is 0 Å². The SMILES string of the molecule is CCCNCCNC(=O)C1CCN(c2ccc(F)c(F)c2)C1=O. The molecule has 2 N–H and O–H groups in total. The number of halogens is 2. The van der Waals surface area contributed by atoms with Crippen molar-refractivity contribution in [2.75, 3.05) is 31.1 Å². The fourth-order valence-corrected chi connectivity index (χ4v) is 2.53. The third-order valence-electron chi connectivity index (χ3n) is 3.76. The molecule has 0 saturated carbocycles. The number of hydrogen-bond donors (Lipinski definition) is 2. The maximum atomic E-state index is 13.3. The molecule has 1 atom stereocenters. The number of carbonyl (C=O) groups is 2. The lowest BCUT2D eigenvalue weighted by Gasteiger charge is -2.17. The first-order valence-electron chi connectivity index (χ1n) is 7.79. The highest BCUT2D eigenvalue weighted by atomic mass is 19.2. The van der Waals surface area contributed by atoms with Crippen molar-refractivity contribution in [3.05, 3.63) is 29.8 Å². The molecule has 1 unspecified atom stereocenters. The Bertz CT molecular complexity index is 580. The van der Waals surface area contributed by atoms with E-state index in [-0.39, 0.29) is 17.5 Å². The van der Waals surface area contributed by atoms with E-state index in [2.05, 4.69) is 17.6 Å². The smallest absolute Gasteiger partial charge is 0.239 e. The molecule has 2 rings (SSSR count). The van der Waals surface area contributed by atoms with Crippen LogP contribution in [-0.4, -0.2) is 38.0 Å². The van der Waals surface area contributed by atoms with Gasteiger partial charge in [-0.05, 0) is 31.5 Å². The quantitative estimate of drug-likeness (QED) is 0.589. The van der Waals surface area contributed by atoms with Gasteiger partial charge in [0.05, 0.1) is 0 Å². The van der Waals surface area contributed by atoms with E-state index in [1.54, 1.807) is 0 Å². The van der Waals surface area contributed by atoms with Crippen molar-refractivity contribution in [3.63, 3.8) is 0 Å². The van der Waals surface area contributed by atoms with Gasteiger partial charge in [-0.25, -0.2) is 8.78 Å². The number of rotatable bonds is 7. The largest absolute Gasteiger partial charge is 0.354 e. The van der Waals surface area contributed by atoms with Crippen LogP contribution in [0.4, 0.5) is 14.5 Å². The molecule has 126 valence electrons. The molecular formula is C16H21F2N3O2. The van der Waals surface area contributed by atoms with Gasteiger partial charge in [-0.1, -0.05) is 6.92 Å². The number of anilines is 1. The van der Waals surface area contributed by atoms with Gasteiger partial charge < -0.3 is 15.5 Å². The number of nitrogens with one attached hydrogen (secondary N) is 2. The van der Waals surface area contributed by atoms with Crippen molar-refractivity contribution in [1.82, 2.24) is 10.6 Å². The second-order valence-corrected chi connectivity index (χ2v) is 5.47. The second kappa shape index (κ2) is 8.01. The normalized spacial score (nSPS) is 17.6. The molecule has 7 heteroatoms. The summed E-state index contributed by atoms with van der Waals surface area (Å²) in [4.78, 5) is 25.7. The predicted octanol–water partition coefficient (Wildman–Crippen LogP) is 1.43. The monoisotopic (exact) mass is 325 g/mol. The number of hydrogen-bond acceptors (Lipinski definition) is 3. The fourth-order valence-electron chi connectivity index (χ4n) is 2.53. The molecule has 0 aromatic heterocycles. The summed E-state index contributed by atoms with van der Waals surface area (Å²) in [5.41, 5.74) is 0.272. The van der Waals surface area contributed by atoms with E-state index in [9.17, 15) is 18.4 Å². The van der Waals surface area contributed by atoms with Crippen LogP contribution < -0.4 is 15.5 Å². The van der Waals surface area contributed by atoms with Crippen molar-refractivity contribution in [1.29, 1.82) is 0 Å². The first-order valence-corrected chi connectivity index (χ1v) is 7.79. The van der Waals surface area contributed by atoms with Crippen LogP contribution in [-0.2, 0) is 9.59 Å². The van der Waals surface area contributed by atoms with Crippen LogP contribution in [0.15, 0.2) is 18.2 Å². The van der Waals surface area contributed by atoms with E-state index >= 15 is 0 Å². The highest BCUT2D eigenvalue weighted by Crippen LogP contribution is 2.26. The Morgan fingerprint density at radius 2 is 2.04 bits per heavy atom. The molecule has 1 heterocycles. The van der Waals surface area contributed by atoms with Crippen molar-refractivity contribution >= 4 is 17.5 Å². The first kappa shape index (κ1) is 17.3. The summed E-state index contributed by atoms with van der Waals surface area (Å²) in [5.74, 6) is -3.44. The number of nitrogens with zero attached hydrogens (tertiary/aromatic N) is 1. The Morgan fingerprint density at radius 1 is 1.26 bits per heavy atom. The van der Waals surface area contributed by atoms with Gasteiger partial charge in [0.1, 0.15) is 5.92 Å². The standard InChI is InChI=1S/C16H21F2N3O2/c1-2-6-19-7-8-20-15(22)12-5-9-21(16(12)23)11-3-4-13(17)14(18)10-11/h3-4,10,12,19H,2,5-9H2,1H3,(H,20,22). The molecule has 0 aliphatic carbocycles. The molecule has 0 spiro atoms. The average molecular weight is 325 g/mol. The summed E-state index contributed by atoms with van der Waals surface area (Å²) in [6, 6.07) is 3.29. The Labute approximate surface area is 134 Å². The summed E-state index contributed by atoms with van der Waals surface area (Å²) in [6.07, 6.45) is 1.38. The highest BCUT2D eigenvalue weighted by molar-refractivity contribution is 6.09. The zero-order valence-electron chi connectivity index (χ0n) is 13.1. The molecule has 0 radical (unpaired) electrons. The van der Waals surface area contributed by atoms with Crippen LogP contribution in [0, 0.1) is 17.6 Å². The number of benzene rings is 1. The Kier molecular flexibility index (Phi) is 6.04. The van der Waals surface area contributed by atoms with Crippen LogP contribution in [0.2, 0.25) is 0 Å². The van der Waals surface area contributed by atoms with E-state index in [1.807, 2.05) is 0 Å². The third-order valence-corrected chi connectivity index (χ3v) is 3.76. The van der Waals surface area contributed by atoms with Crippen LogP contribution in [0.25, 0.3) is 0 Å². The molecule has 1 fully saturated rings. The molecule has 2 amide bonds. The zero-order valence-corrected chi connectivity index (χ0v) is 13.1. The molecule has 0 bridgehead atoms. The fraction of sp³-hybridized carbons (Fsp3) is 0.500. The summed E-state index contributed by atoms with van der Waals surface area (Å²) in [7, 11) is 0. The Hall–Kier alpha value is -2.02. The maximum absolute atomic E-state index is 13.3. The summed E-state index contributed by atoms with van der Waals surface area (Å²) in [5, 5.41) is 5.87. The van der Waals surface area contributed by atoms with Gasteiger partial charge in [0.15, 0.2) is 11.6 Å². The molecular weight excluding hydrogens is 304 g/mol.